The van der Waals surface area contributed by atoms with Gasteiger partial charge in [-0.2, -0.15) is 0 Å². The first-order chi connectivity index (χ1) is 10.3. The molecule has 0 saturated heterocycles. The van der Waals surface area contributed by atoms with Gasteiger partial charge in [-0.25, -0.2) is 0 Å². The number of fused-ring (bicyclic) bond motifs is 1. The summed E-state index contributed by atoms with van der Waals surface area (Å²) in [5, 5.41) is 3.36. The molecule has 102 valence electrons. The molecule has 1 N–H and O–H groups in total. The lowest BCUT2D eigenvalue weighted by molar-refractivity contribution is 1.04. The van der Waals surface area contributed by atoms with Crippen molar-refractivity contribution in [2.75, 3.05) is 0 Å². The third kappa shape index (κ3) is 2.13. The normalized spacial score (nSPS) is 11.0. The third-order valence-corrected chi connectivity index (χ3v) is 4.74. The smallest absolute Gasteiger partial charge is 0.182 e. The quantitative estimate of drug-likeness (QED) is 0.491. The maximum atomic E-state index is 5.47. The van der Waals surface area contributed by atoms with Crippen molar-refractivity contribution in [2.24, 2.45) is 0 Å². The average molecular weight is 308 g/mol. The maximum absolute atomic E-state index is 5.47. The lowest BCUT2D eigenvalue weighted by atomic mass is 10.1. The second-order valence-electron chi connectivity index (χ2n) is 4.82. The molecule has 0 fully saturated rings. The minimum absolute atomic E-state index is 0.712. The molecular formula is C17H12N2S2. The molecule has 0 unspecified atom stereocenters. The van der Waals surface area contributed by atoms with Gasteiger partial charge in [0.15, 0.2) is 4.77 Å². The number of aromatic amines is 1. The van der Waals surface area contributed by atoms with Crippen molar-refractivity contribution < 1.29 is 0 Å². The molecule has 0 saturated carbocycles. The molecule has 0 aliphatic rings. The van der Waals surface area contributed by atoms with Gasteiger partial charge in [0.2, 0.25) is 0 Å². The minimum Gasteiger partial charge on any atom is -0.336 e. The van der Waals surface area contributed by atoms with Crippen molar-refractivity contribution >= 4 is 33.6 Å². The van der Waals surface area contributed by atoms with Crippen LogP contribution in [0.4, 0.5) is 0 Å². The monoisotopic (exact) mass is 308 g/mol. The predicted octanol–water partition coefficient (Wildman–Crippen LogP) is 5.42. The average Bonchev–Trinajstić information content (AvgIpc) is 3.13. The second kappa shape index (κ2) is 4.98. The van der Waals surface area contributed by atoms with E-state index in [0.717, 1.165) is 16.9 Å². The van der Waals surface area contributed by atoms with Crippen LogP contribution in [0.2, 0.25) is 0 Å². The van der Waals surface area contributed by atoms with Gasteiger partial charge in [-0.1, -0.05) is 30.3 Å². The number of imidazole rings is 1. The van der Waals surface area contributed by atoms with E-state index in [1.807, 2.05) is 24.4 Å². The molecule has 2 aromatic carbocycles. The Bertz CT molecular complexity index is 961. The summed E-state index contributed by atoms with van der Waals surface area (Å²) in [5.41, 5.74) is 3.32. The number of nitrogens with zero attached hydrogens (tertiary/aromatic N) is 1. The Morgan fingerprint density at radius 1 is 1.00 bits per heavy atom. The van der Waals surface area contributed by atoms with Crippen molar-refractivity contribution in [1.29, 1.82) is 0 Å². The molecule has 4 aromatic rings. The number of nitrogens with one attached hydrogen (secondary N) is 1. The lowest BCUT2D eigenvalue weighted by Gasteiger charge is -2.09. The standard InChI is InChI=1S/C17H12N2S2/c20-17-18-11-15(12-4-2-1-3-5-12)19(17)14-6-7-16-13(10-14)8-9-21-16/h1-11H,(H,18,20). The van der Waals surface area contributed by atoms with E-state index >= 15 is 0 Å². The van der Waals surface area contributed by atoms with Gasteiger partial charge < -0.3 is 4.98 Å². The van der Waals surface area contributed by atoms with E-state index in [2.05, 4.69) is 51.3 Å². The van der Waals surface area contributed by atoms with Crippen LogP contribution in [0.1, 0.15) is 0 Å². The van der Waals surface area contributed by atoms with Gasteiger partial charge in [0.05, 0.1) is 5.69 Å². The van der Waals surface area contributed by atoms with Crippen LogP contribution < -0.4 is 0 Å². The van der Waals surface area contributed by atoms with E-state index in [9.17, 15) is 0 Å². The van der Waals surface area contributed by atoms with Gasteiger partial charge in [0.1, 0.15) is 0 Å². The summed E-state index contributed by atoms with van der Waals surface area (Å²) in [6, 6.07) is 18.9. The van der Waals surface area contributed by atoms with Crippen molar-refractivity contribution in [3.63, 3.8) is 0 Å². The fourth-order valence-electron chi connectivity index (χ4n) is 2.54. The minimum atomic E-state index is 0.712. The molecule has 0 atom stereocenters. The molecule has 0 aliphatic carbocycles. The van der Waals surface area contributed by atoms with Crippen LogP contribution in [0.5, 0.6) is 0 Å². The van der Waals surface area contributed by atoms with Crippen molar-refractivity contribution in [1.82, 2.24) is 9.55 Å². The molecule has 0 amide bonds. The first-order valence-electron chi connectivity index (χ1n) is 6.66. The zero-order valence-electron chi connectivity index (χ0n) is 11.1. The number of benzene rings is 2. The maximum Gasteiger partial charge on any atom is 0.182 e. The number of hydrogen-bond donors (Lipinski definition) is 1. The molecule has 2 aromatic heterocycles. The van der Waals surface area contributed by atoms with Crippen LogP contribution in [0, 0.1) is 4.77 Å². The Hall–Kier alpha value is -2.17. The van der Waals surface area contributed by atoms with Gasteiger partial charge in [-0.3, -0.25) is 4.57 Å². The summed E-state index contributed by atoms with van der Waals surface area (Å²) in [5.74, 6) is 0. The number of hydrogen-bond acceptors (Lipinski definition) is 2. The highest BCUT2D eigenvalue weighted by Gasteiger charge is 2.09. The van der Waals surface area contributed by atoms with Gasteiger partial charge in [0, 0.05) is 22.1 Å². The van der Waals surface area contributed by atoms with Crippen LogP contribution in [0.3, 0.4) is 0 Å². The highest BCUT2D eigenvalue weighted by atomic mass is 32.1. The zero-order chi connectivity index (χ0) is 14.2. The predicted molar refractivity (Wildman–Crippen MR) is 91.8 cm³/mol. The number of thiophene rings is 1. The third-order valence-electron chi connectivity index (χ3n) is 3.54. The van der Waals surface area contributed by atoms with Gasteiger partial charge in [-0.05, 0) is 47.2 Å². The van der Waals surface area contributed by atoms with E-state index in [4.69, 9.17) is 12.2 Å². The Labute approximate surface area is 131 Å². The SMILES string of the molecule is S=c1[nH]cc(-c2ccccc2)n1-c1ccc2sccc2c1. The molecule has 2 nitrogen and oxygen atoms in total. The second-order valence-corrected chi connectivity index (χ2v) is 6.16. The summed E-state index contributed by atoms with van der Waals surface area (Å²) in [6.45, 7) is 0. The first-order valence-corrected chi connectivity index (χ1v) is 7.95. The topological polar surface area (TPSA) is 20.7 Å². The number of H-pyrrole nitrogens is 1. The molecule has 0 aliphatic heterocycles. The summed E-state index contributed by atoms with van der Waals surface area (Å²) in [4.78, 5) is 3.16. The van der Waals surface area contributed by atoms with Gasteiger partial charge >= 0.3 is 0 Å². The number of aromatic nitrogens is 2. The highest BCUT2D eigenvalue weighted by Crippen LogP contribution is 2.27. The van der Waals surface area contributed by atoms with Crippen LogP contribution in [0.15, 0.2) is 66.2 Å². The van der Waals surface area contributed by atoms with Crippen LogP contribution in [-0.2, 0) is 0 Å². The highest BCUT2D eigenvalue weighted by molar-refractivity contribution is 7.71. The molecule has 4 heteroatoms. The van der Waals surface area contributed by atoms with Crippen LogP contribution >= 0.6 is 23.6 Å². The van der Waals surface area contributed by atoms with Crippen molar-refractivity contribution in [3.05, 3.63) is 70.9 Å². The molecule has 2 heterocycles. The van der Waals surface area contributed by atoms with Crippen LogP contribution in [-0.4, -0.2) is 9.55 Å². The number of rotatable bonds is 2. The molecular weight excluding hydrogens is 296 g/mol. The Morgan fingerprint density at radius 3 is 2.71 bits per heavy atom. The molecule has 0 bridgehead atoms. The van der Waals surface area contributed by atoms with Crippen molar-refractivity contribution in [3.8, 4) is 16.9 Å². The lowest BCUT2D eigenvalue weighted by Crippen LogP contribution is -1.96. The first kappa shape index (κ1) is 12.6. The fourth-order valence-corrected chi connectivity index (χ4v) is 3.57. The van der Waals surface area contributed by atoms with E-state index in [1.54, 1.807) is 11.3 Å². The summed E-state index contributed by atoms with van der Waals surface area (Å²) in [6.07, 6.45) is 1.97. The van der Waals surface area contributed by atoms with E-state index in [0.29, 0.717) is 4.77 Å². The summed E-state index contributed by atoms with van der Waals surface area (Å²) in [7, 11) is 0. The van der Waals surface area contributed by atoms with E-state index in [1.165, 1.54) is 10.1 Å². The largest absolute Gasteiger partial charge is 0.336 e. The fraction of sp³-hybridized carbons (Fsp3) is 0. The van der Waals surface area contributed by atoms with E-state index in [-0.39, 0.29) is 0 Å². The summed E-state index contributed by atoms with van der Waals surface area (Å²) >= 11 is 7.22. The zero-order valence-corrected chi connectivity index (χ0v) is 12.7. The Balaban J connectivity index is 1.96. The molecule has 0 spiro atoms. The Kier molecular flexibility index (Phi) is 2.98. The summed E-state index contributed by atoms with van der Waals surface area (Å²) < 4.78 is 4.09. The molecule has 21 heavy (non-hydrogen) atoms. The molecule has 0 radical (unpaired) electrons. The molecule has 4 rings (SSSR count). The van der Waals surface area contributed by atoms with Gasteiger partial charge in [0.25, 0.3) is 0 Å². The van der Waals surface area contributed by atoms with E-state index < -0.39 is 0 Å². The van der Waals surface area contributed by atoms with Crippen molar-refractivity contribution in [2.45, 2.75) is 0 Å². The van der Waals surface area contributed by atoms with Gasteiger partial charge in [-0.15, -0.1) is 11.3 Å². The Morgan fingerprint density at radius 2 is 1.86 bits per heavy atom. The van der Waals surface area contributed by atoms with Crippen LogP contribution in [0.25, 0.3) is 27.0 Å².